The van der Waals surface area contributed by atoms with Gasteiger partial charge in [0.15, 0.2) is 0 Å². The molecule has 31 heavy (non-hydrogen) atoms. The van der Waals surface area contributed by atoms with Gasteiger partial charge < -0.3 is 15.5 Å². The van der Waals surface area contributed by atoms with Crippen LogP contribution in [0.4, 0.5) is 4.79 Å². The first-order valence-corrected chi connectivity index (χ1v) is 11.1. The molecule has 3 aromatic rings. The van der Waals surface area contributed by atoms with Crippen LogP contribution in [0.5, 0.6) is 0 Å². The van der Waals surface area contributed by atoms with Crippen molar-refractivity contribution in [1.82, 2.24) is 20.4 Å². The van der Waals surface area contributed by atoms with E-state index in [1.807, 2.05) is 31.2 Å². The van der Waals surface area contributed by atoms with Crippen molar-refractivity contribution in [1.29, 1.82) is 0 Å². The first-order chi connectivity index (χ1) is 15.1. The monoisotopic (exact) mass is 416 g/mol. The second-order valence-corrected chi connectivity index (χ2v) is 8.47. The highest BCUT2D eigenvalue weighted by molar-refractivity contribution is 5.86. The van der Waals surface area contributed by atoms with E-state index in [0.717, 1.165) is 38.3 Å². The molecule has 0 radical (unpaired) electrons. The van der Waals surface area contributed by atoms with Gasteiger partial charge in [0.1, 0.15) is 0 Å². The van der Waals surface area contributed by atoms with Crippen molar-refractivity contribution in [3.8, 4) is 0 Å². The molecule has 4 rings (SSSR count). The molecule has 0 aliphatic carbocycles. The van der Waals surface area contributed by atoms with Crippen LogP contribution in [0.3, 0.4) is 0 Å². The molecule has 5 nitrogen and oxygen atoms in total. The van der Waals surface area contributed by atoms with E-state index in [0.29, 0.717) is 6.54 Å². The van der Waals surface area contributed by atoms with Crippen molar-refractivity contribution in [2.75, 3.05) is 33.2 Å². The van der Waals surface area contributed by atoms with Gasteiger partial charge in [0.25, 0.3) is 0 Å². The molecule has 0 aromatic heterocycles. The molecule has 1 atom stereocenters. The fourth-order valence-corrected chi connectivity index (χ4v) is 4.26. The number of hydrogen-bond donors (Lipinski definition) is 2. The maximum Gasteiger partial charge on any atom is 0.315 e. The number of hydrogen-bond acceptors (Lipinski definition) is 3. The van der Waals surface area contributed by atoms with Gasteiger partial charge in [-0.1, -0.05) is 66.7 Å². The van der Waals surface area contributed by atoms with Crippen LogP contribution in [-0.2, 0) is 13.1 Å². The average molecular weight is 417 g/mol. The zero-order valence-corrected chi connectivity index (χ0v) is 18.5. The summed E-state index contributed by atoms with van der Waals surface area (Å²) in [6, 6.07) is 22.7. The summed E-state index contributed by atoms with van der Waals surface area (Å²) in [6.45, 7) is 7.87. The Balaban J connectivity index is 1.36. The molecule has 1 fully saturated rings. The van der Waals surface area contributed by atoms with Crippen LogP contribution in [0.2, 0.25) is 0 Å². The summed E-state index contributed by atoms with van der Waals surface area (Å²) in [5.41, 5.74) is 3.59. The van der Waals surface area contributed by atoms with E-state index in [4.69, 9.17) is 0 Å². The highest BCUT2D eigenvalue weighted by Gasteiger charge is 2.16. The van der Waals surface area contributed by atoms with Gasteiger partial charge >= 0.3 is 6.03 Å². The van der Waals surface area contributed by atoms with E-state index < -0.39 is 0 Å². The number of rotatable bonds is 6. The highest BCUT2D eigenvalue weighted by Crippen LogP contribution is 2.24. The molecule has 1 aliphatic rings. The van der Waals surface area contributed by atoms with Crippen LogP contribution in [0.25, 0.3) is 10.8 Å². The topological polar surface area (TPSA) is 47.6 Å². The molecule has 1 saturated heterocycles. The molecule has 1 heterocycles. The Morgan fingerprint density at radius 1 is 0.903 bits per heavy atom. The summed E-state index contributed by atoms with van der Waals surface area (Å²) in [6.07, 6.45) is 0. The average Bonchev–Trinajstić information content (AvgIpc) is 2.79. The third kappa shape index (κ3) is 5.43. The smallest absolute Gasteiger partial charge is 0.315 e. The Hall–Kier alpha value is -2.89. The van der Waals surface area contributed by atoms with Crippen molar-refractivity contribution in [2.24, 2.45) is 0 Å². The van der Waals surface area contributed by atoms with Crippen LogP contribution < -0.4 is 10.6 Å². The Morgan fingerprint density at radius 2 is 1.58 bits per heavy atom. The van der Waals surface area contributed by atoms with Gasteiger partial charge in [-0.25, -0.2) is 4.79 Å². The number of amides is 2. The summed E-state index contributed by atoms with van der Waals surface area (Å²) in [7, 11) is 2.17. The summed E-state index contributed by atoms with van der Waals surface area (Å²) in [4.78, 5) is 17.5. The number of benzene rings is 3. The fraction of sp³-hybridized carbons (Fsp3) is 0.346. The Bertz CT molecular complexity index is 1020. The number of carbonyl (C=O) groups excluding carboxylic acids is 1. The van der Waals surface area contributed by atoms with E-state index >= 15 is 0 Å². The normalized spacial score (nSPS) is 16.2. The zero-order valence-electron chi connectivity index (χ0n) is 18.5. The van der Waals surface area contributed by atoms with E-state index in [-0.39, 0.29) is 12.1 Å². The van der Waals surface area contributed by atoms with Crippen LogP contribution in [0.1, 0.15) is 29.7 Å². The number of likely N-dealkylation sites (N-methyl/N-ethyl adjacent to an activating group) is 1. The largest absolute Gasteiger partial charge is 0.334 e. The van der Waals surface area contributed by atoms with E-state index in [9.17, 15) is 4.79 Å². The van der Waals surface area contributed by atoms with Gasteiger partial charge in [0.05, 0.1) is 6.04 Å². The minimum Gasteiger partial charge on any atom is -0.334 e. The third-order valence-electron chi connectivity index (χ3n) is 6.19. The lowest BCUT2D eigenvalue weighted by molar-refractivity contribution is 0.148. The first-order valence-electron chi connectivity index (χ1n) is 11.1. The molecule has 5 heteroatoms. The molecule has 0 bridgehead atoms. The molecule has 3 aromatic carbocycles. The van der Waals surface area contributed by atoms with Gasteiger partial charge in [-0.05, 0) is 41.4 Å². The van der Waals surface area contributed by atoms with Gasteiger partial charge in [-0.3, -0.25) is 4.90 Å². The van der Waals surface area contributed by atoms with Crippen LogP contribution in [0.15, 0.2) is 66.7 Å². The maximum atomic E-state index is 12.6. The van der Waals surface area contributed by atoms with Gasteiger partial charge in [-0.2, -0.15) is 0 Å². The van der Waals surface area contributed by atoms with Gasteiger partial charge in [-0.15, -0.1) is 0 Å². The summed E-state index contributed by atoms with van der Waals surface area (Å²) in [5.74, 6) is 0. The van der Waals surface area contributed by atoms with Gasteiger partial charge in [0.2, 0.25) is 0 Å². The lowest BCUT2D eigenvalue weighted by atomic mass is 10.00. The Morgan fingerprint density at radius 3 is 2.39 bits per heavy atom. The van der Waals surface area contributed by atoms with Crippen LogP contribution >= 0.6 is 0 Å². The number of nitrogens with one attached hydrogen (secondary N) is 2. The predicted molar refractivity (Wildman–Crippen MR) is 127 cm³/mol. The Labute approximate surface area is 185 Å². The molecule has 0 saturated carbocycles. The van der Waals surface area contributed by atoms with Gasteiger partial charge in [0, 0.05) is 39.3 Å². The minimum absolute atomic E-state index is 0.0771. The second-order valence-electron chi connectivity index (χ2n) is 8.47. The number of piperazine rings is 1. The molecule has 2 N–H and O–H groups in total. The first kappa shape index (κ1) is 21.3. The number of fused-ring (bicyclic) bond motifs is 1. The number of urea groups is 1. The lowest BCUT2D eigenvalue weighted by Crippen LogP contribution is -2.44. The van der Waals surface area contributed by atoms with E-state index in [1.54, 1.807) is 0 Å². The van der Waals surface area contributed by atoms with Crippen LogP contribution in [0, 0.1) is 0 Å². The summed E-state index contributed by atoms with van der Waals surface area (Å²) >= 11 is 0. The highest BCUT2D eigenvalue weighted by atomic mass is 16.2. The Kier molecular flexibility index (Phi) is 6.85. The molecule has 162 valence electrons. The third-order valence-corrected chi connectivity index (χ3v) is 6.19. The molecule has 0 spiro atoms. The van der Waals surface area contributed by atoms with E-state index in [2.05, 4.69) is 69.9 Å². The summed E-state index contributed by atoms with van der Waals surface area (Å²) in [5, 5.41) is 8.52. The molecular formula is C26H32N4O. The minimum atomic E-state index is -0.144. The molecule has 1 aliphatic heterocycles. The van der Waals surface area contributed by atoms with Crippen LogP contribution in [-0.4, -0.2) is 49.1 Å². The number of carbonyl (C=O) groups is 1. The molecular weight excluding hydrogens is 384 g/mol. The second kappa shape index (κ2) is 9.94. The summed E-state index contributed by atoms with van der Waals surface area (Å²) < 4.78 is 0. The van der Waals surface area contributed by atoms with Crippen molar-refractivity contribution in [3.05, 3.63) is 83.4 Å². The quantitative estimate of drug-likeness (QED) is 0.635. The predicted octanol–water partition coefficient (Wildman–Crippen LogP) is 4.15. The van der Waals surface area contributed by atoms with Crippen molar-refractivity contribution in [3.63, 3.8) is 0 Å². The fourth-order valence-electron chi connectivity index (χ4n) is 4.26. The molecule has 0 unspecified atom stereocenters. The molecule has 2 amide bonds. The van der Waals surface area contributed by atoms with E-state index in [1.165, 1.54) is 21.9 Å². The van der Waals surface area contributed by atoms with Crippen molar-refractivity contribution < 1.29 is 4.79 Å². The SMILES string of the molecule is C[C@@H](NC(=O)NCc1ccccc1CN1CCN(C)CC1)c1cccc2ccccc12. The number of nitrogens with zero attached hydrogens (tertiary/aromatic N) is 2. The van der Waals surface area contributed by atoms with Crippen molar-refractivity contribution in [2.45, 2.75) is 26.1 Å². The lowest BCUT2D eigenvalue weighted by Gasteiger charge is -2.32. The standard InChI is InChI=1S/C26H32N4O/c1-20(24-13-7-11-21-8-5-6-12-25(21)24)28-26(31)27-18-22-9-3-4-10-23(22)19-30-16-14-29(2)15-17-30/h3-13,20H,14-19H2,1-2H3,(H2,27,28,31)/t20-/m1/s1. The zero-order chi connectivity index (χ0) is 21.6. The maximum absolute atomic E-state index is 12.6. The van der Waals surface area contributed by atoms with Crippen molar-refractivity contribution >= 4 is 16.8 Å².